The van der Waals surface area contributed by atoms with Crippen molar-refractivity contribution in [2.75, 3.05) is 4.90 Å². The highest BCUT2D eigenvalue weighted by molar-refractivity contribution is 5.85. The zero-order chi connectivity index (χ0) is 14.2. The summed E-state index contributed by atoms with van der Waals surface area (Å²) >= 11 is 0. The first-order valence-electron chi connectivity index (χ1n) is 6.90. The van der Waals surface area contributed by atoms with Crippen LogP contribution in [0.25, 0.3) is 0 Å². The van der Waals surface area contributed by atoms with E-state index in [2.05, 4.69) is 41.1 Å². The molecule has 1 aliphatic rings. The first kappa shape index (κ1) is 12.0. The average Bonchev–Trinajstić information content (AvgIpc) is 2.53. The number of pyridine rings is 1. The van der Waals surface area contributed by atoms with E-state index >= 15 is 0 Å². The number of anilines is 3. The summed E-state index contributed by atoms with van der Waals surface area (Å²) in [5.74, 6) is 1.63. The van der Waals surface area contributed by atoms with Crippen molar-refractivity contribution in [1.82, 2.24) is 4.98 Å². The molecular formula is C18H14N2O. The number of aryl methyl sites for hydroxylation is 1. The number of benzene rings is 2. The molecule has 0 bridgehead atoms. The number of fused-ring (bicyclic) bond motifs is 2. The lowest BCUT2D eigenvalue weighted by Gasteiger charge is -2.32. The van der Waals surface area contributed by atoms with Gasteiger partial charge in [-0.25, -0.2) is 0 Å². The first-order valence-corrected chi connectivity index (χ1v) is 6.90. The molecule has 1 aromatic heterocycles. The average molecular weight is 274 g/mol. The zero-order valence-electron chi connectivity index (χ0n) is 11.7. The van der Waals surface area contributed by atoms with Gasteiger partial charge in [-0.1, -0.05) is 24.3 Å². The fourth-order valence-electron chi connectivity index (χ4n) is 2.63. The highest BCUT2D eigenvalue weighted by Crippen LogP contribution is 2.49. The van der Waals surface area contributed by atoms with E-state index in [1.165, 1.54) is 5.56 Å². The molecule has 2 heterocycles. The number of hydrogen-bond acceptors (Lipinski definition) is 3. The van der Waals surface area contributed by atoms with E-state index in [0.717, 1.165) is 28.6 Å². The van der Waals surface area contributed by atoms with Gasteiger partial charge in [-0.05, 0) is 42.8 Å². The lowest BCUT2D eigenvalue weighted by molar-refractivity contribution is 0.474. The minimum absolute atomic E-state index is 0.776. The number of rotatable bonds is 1. The molecule has 4 rings (SSSR count). The van der Waals surface area contributed by atoms with E-state index in [1.807, 2.05) is 30.3 Å². The monoisotopic (exact) mass is 274 g/mol. The van der Waals surface area contributed by atoms with Gasteiger partial charge in [-0.2, -0.15) is 0 Å². The maximum atomic E-state index is 5.98. The van der Waals surface area contributed by atoms with Gasteiger partial charge in [-0.3, -0.25) is 4.98 Å². The van der Waals surface area contributed by atoms with Crippen molar-refractivity contribution in [1.29, 1.82) is 0 Å². The van der Waals surface area contributed by atoms with Crippen LogP contribution in [-0.4, -0.2) is 4.98 Å². The topological polar surface area (TPSA) is 25.4 Å². The molecule has 1 aliphatic heterocycles. The quantitative estimate of drug-likeness (QED) is 0.490. The fraction of sp³-hybridized carbons (Fsp3) is 0.0556. The van der Waals surface area contributed by atoms with Crippen molar-refractivity contribution in [3.8, 4) is 11.5 Å². The summed E-state index contributed by atoms with van der Waals surface area (Å²) < 4.78 is 5.98. The molecule has 0 radical (unpaired) electrons. The summed E-state index contributed by atoms with van der Waals surface area (Å²) in [5, 5.41) is 0. The van der Waals surface area contributed by atoms with Gasteiger partial charge in [-0.15, -0.1) is 0 Å². The highest BCUT2D eigenvalue weighted by atomic mass is 16.5. The van der Waals surface area contributed by atoms with Gasteiger partial charge in [0.2, 0.25) is 0 Å². The predicted octanol–water partition coefficient (Wildman–Crippen LogP) is 4.97. The Morgan fingerprint density at radius 2 is 1.76 bits per heavy atom. The summed E-state index contributed by atoms with van der Waals surface area (Å²) in [6.07, 6.45) is 3.55. The molecule has 0 N–H and O–H groups in total. The Labute approximate surface area is 123 Å². The Hall–Kier alpha value is -2.81. The lowest BCUT2D eigenvalue weighted by Crippen LogP contribution is -2.16. The number of aromatic nitrogens is 1. The Morgan fingerprint density at radius 3 is 2.62 bits per heavy atom. The van der Waals surface area contributed by atoms with Crippen molar-refractivity contribution >= 4 is 17.1 Å². The Kier molecular flexibility index (Phi) is 2.64. The SMILES string of the molecule is Cc1ccc2c(c1)N(c1ccccc1)c1ccncc1O2. The largest absolute Gasteiger partial charge is 0.451 e. The van der Waals surface area contributed by atoms with Gasteiger partial charge < -0.3 is 9.64 Å². The van der Waals surface area contributed by atoms with E-state index < -0.39 is 0 Å². The molecule has 3 aromatic rings. The summed E-state index contributed by atoms with van der Waals surface area (Å²) in [4.78, 5) is 6.38. The third-order valence-corrected chi connectivity index (χ3v) is 3.59. The summed E-state index contributed by atoms with van der Waals surface area (Å²) in [7, 11) is 0. The first-order chi connectivity index (χ1) is 10.3. The molecule has 0 saturated heterocycles. The van der Waals surface area contributed by atoms with Crippen LogP contribution in [0.1, 0.15) is 5.56 Å². The van der Waals surface area contributed by atoms with Crippen LogP contribution in [0.2, 0.25) is 0 Å². The van der Waals surface area contributed by atoms with E-state index in [1.54, 1.807) is 12.4 Å². The number of hydrogen-bond donors (Lipinski definition) is 0. The van der Waals surface area contributed by atoms with E-state index in [4.69, 9.17) is 4.74 Å². The van der Waals surface area contributed by atoms with Crippen LogP contribution in [0.5, 0.6) is 11.5 Å². The molecule has 0 saturated carbocycles. The van der Waals surface area contributed by atoms with Gasteiger partial charge in [0.25, 0.3) is 0 Å². The summed E-state index contributed by atoms with van der Waals surface area (Å²) in [6.45, 7) is 2.09. The molecule has 3 nitrogen and oxygen atoms in total. The van der Waals surface area contributed by atoms with Crippen LogP contribution in [0.3, 0.4) is 0 Å². The smallest absolute Gasteiger partial charge is 0.169 e. The fourth-order valence-corrected chi connectivity index (χ4v) is 2.63. The minimum atomic E-state index is 0.776. The molecule has 0 fully saturated rings. The molecule has 0 spiro atoms. The Morgan fingerprint density at radius 1 is 0.905 bits per heavy atom. The van der Waals surface area contributed by atoms with Crippen LogP contribution < -0.4 is 9.64 Å². The maximum Gasteiger partial charge on any atom is 0.169 e. The normalized spacial score (nSPS) is 12.3. The van der Waals surface area contributed by atoms with Gasteiger partial charge in [0.15, 0.2) is 11.5 Å². The van der Waals surface area contributed by atoms with Crippen molar-refractivity contribution in [3.05, 3.63) is 72.6 Å². The van der Waals surface area contributed by atoms with Crippen LogP contribution in [0.15, 0.2) is 67.0 Å². The van der Waals surface area contributed by atoms with Gasteiger partial charge >= 0.3 is 0 Å². The summed E-state index contributed by atoms with van der Waals surface area (Å²) in [5.41, 5.74) is 4.38. The van der Waals surface area contributed by atoms with Crippen molar-refractivity contribution < 1.29 is 4.74 Å². The van der Waals surface area contributed by atoms with Gasteiger partial charge in [0, 0.05) is 11.9 Å². The molecule has 102 valence electrons. The van der Waals surface area contributed by atoms with Crippen LogP contribution in [-0.2, 0) is 0 Å². The number of para-hydroxylation sites is 1. The molecule has 0 atom stereocenters. The van der Waals surface area contributed by atoms with Crippen molar-refractivity contribution in [2.24, 2.45) is 0 Å². The van der Waals surface area contributed by atoms with Crippen molar-refractivity contribution in [2.45, 2.75) is 6.92 Å². The minimum Gasteiger partial charge on any atom is -0.451 e. The highest BCUT2D eigenvalue weighted by Gasteiger charge is 2.25. The van der Waals surface area contributed by atoms with Gasteiger partial charge in [0.05, 0.1) is 17.6 Å². The Balaban J connectivity index is 1.98. The third kappa shape index (κ3) is 1.94. The second kappa shape index (κ2) is 4.63. The van der Waals surface area contributed by atoms with Crippen molar-refractivity contribution in [3.63, 3.8) is 0 Å². The van der Waals surface area contributed by atoms with Gasteiger partial charge in [0.1, 0.15) is 0 Å². The predicted molar refractivity (Wildman–Crippen MR) is 83.7 cm³/mol. The van der Waals surface area contributed by atoms with E-state index in [9.17, 15) is 0 Å². The molecule has 0 amide bonds. The standard InChI is InChI=1S/C18H14N2O/c1-13-7-8-17-16(11-13)20(14-5-3-2-4-6-14)15-9-10-19-12-18(15)21-17/h2-12H,1H3. The lowest BCUT2D eigenvalue weighted by atomic mass is 10.1. The third-order valence-electron chi connectivity index (χ3n) is 3.59. The second-order valence-electron chi connectivity index (χ2n) is 5.09. The van der Waals surface area contributed by atoms with E-state index in [0.29, 0.717) is 0 Å². The van der Waals surface area contributed by atoms with E-state index in [-0.39, 0.29) is 0 Å². The molecule has 0 aliphatic carbocycles. The molecular weight excluding hydrogens is 260 g/mol. The second-order valence-corrected chi connectivity index (χ2v) is 5.09. The molecule has 3 heteroatoms. The maximum absolute atomic E-state index is 5.98. The number of nitrogens with zero attached hydrogens (tertiary/aromatic N) is 2. The zero-order valence-corrected chi connectivity index (χ0v) is 11.7. The van der Waals surface area contributed by atoms with Crippen LogP contribution in [0, 0.1) is 6.92 Å². The van der Waals surface area contributed by atoms with Crippen LogP contribution >= 0.6 is 0 Å². The molecule has 2 aromatic carbocycles. The molecule has 21 heavy (non-hydrogen) atoms. The molecule has 0 unspecified atom stereocenters. The summed E-state index contributed by atoms with van der Waals surface area (Å²) in [6, 6.07) is 18.5. The Bertz CT molecular complexity index is 799. The number of ether oxygens (including phenoxy) is 1. The van der Waals surface area contributed by atoms with Crippen LogP contribution in [0.4, 0.5) is 17.1 Å².